The Labute approximate surface area is 325 Å². The SMILES string of the molecule is CC1(C)S[C@@H]2C(NC(=O)C(NC(=O)OCc3ccccc3)c3ccccc3)C(=O)N2[C@H]1C(=O)OCOC(=O)[C@@H]1N2C(=O)C(Br)(I)[C@H]2S(=O)(=O)C1(C)C. The van der Waals surface area contributed by atoms with E-state index in [0.717, 1.165) is 10.5 Å². The van der Waals surface area contributed by atoms with Gasteiger partial charge in [-0.15, -0.1) is 11.8 Å². The van der Waals surface area contributed by atoms with E-state index in [-0.39, 0.29) is 6.61 Å². The van der Waals surface area contributed by atoms with Crippen molar-refractivity contribution in [2.45, 2.75) is 81.0 Å². The molecule has 2 N–H and O–H groups in total. The van der Waals surface area contributed by atoms with Crippen LogP contribution in [-0.4, -0.2) is 101 Å². The number of alkyl carbamates (subject to hydrolysis) is 1. The Morgan fingerprint density at radius 1 is 0.904 bits per heavy atom. The van der Waals surface area contributed by atoms with Gasteiger partial charge in [0.1, 0.15) is 40.9 Å². The van der Waals surface area contributed by atoms with E-state index in [1.165, 1.54) is 30.5 Å². The van der Waals surface area contributed by atoms with Gasteiger partial charge >= 0.3 is 18.0 Å². The largest absolute Gasteiger partial charge is 0.445 e. The van der Waals surface area contributed by atoms with Crippen molar-refractivity contribution < 1.29 is 51.4 Å². The number of amides is 4. The van der Waals surface area contributed by atoms with E-state index in [9.17, 15) is 37.2 Å². The number of carbonyl (C=O) groups is 6. The highest BCUT2D eigenvalue weighted by molar-refractivity contribution is 14.1. The summed E-state index contributed by atoms with van der Waals surface area (Å²) in [4.78, 5) is 81.3. The second-order valence-corrected chi connectivity index (χ2v) is 22.4. The number of fused-ring (bicyclic) bond motifs is 2. The van der Waals surface area contributed by atoms with E-state index in [2.05, 4.69) is 26.6 Å². The number of ether oxygens (including phenoxy) is 3. The van der Waals surface area contributed by atoms with E-state index < -0.39 is 99.1 Å². The lowest BCUT2D eigenvalue weighted by atomic mass is 9.95. The predicted molar refractivity (Wildman–Crippen MR) is 197 cm³/mol. The van der Waals surface area contributed by atoms with Crippen molar-refractivity contribution >= 4 is 95.9 Å². The van der Waals surface area contributed by atoms with Crippen LogP contribution >= 0.6 is 50.3 Å². The maximum absolute atomic E-state index is 13.6. The molecule has 15 nitrogen and oxygen atoms in total. The van der Waals surface area contributed by atoms with Crippen LogP contribution in [-0.2, 0) is 54.6 Å². The van der Waals surface area contributed by atoms with Gasteiger partial charge in [0.25, 0.3) is 5.91 Å². The van der Waals surface area contributed by atoms with Gasteiger partial charge in [0.15, 0.2) is 17.5 Å². The summed E-state index contributed by atoms with van der Waals surface area (Å²) in [6.07, 6.45) is -0.843. The van der Waals surface area contributed by atoms with Gasteiger partial charge < -0.3 is 34.6 Å². The van der Waals surface area contributed by atoms with E-state index in [1.54, 1.807) is 91.0 Å². The molecule has 278 valence electrons. The Balaban J connectivity index is 1.07. The molecular weight excluding hydrogens is 899 g/mol. The maximum atomic E-state index is 13.6. The highest BCUT2D eigenvalue weighted by atomic mass is 127. The molecule has 6 rings (SSSR count). The lowest BCUT2D eigenvalue weighted by Crippen LogP contribution is -2.71. The summed E-state index contributed by atoms with van der Waals surface area (Å²) in [5.74, 6) is -3.79. The first-order chi connectivity index (χ1) is 24.3. The Bertz CT molecular complexity index is 1930. The van der Waals surface area contributed by atoms with E-state index in [1.807, 2.05) is 6.07 Å². The molecule has 4 heterocycles. The first-order valence-electron chi connectivity index (χ1n) is 15.9. The van der Waals surface area contributed by atoms with Crippen molar-refractivity contribution in [3.8, 4) is 0 Å². The molecule has 4 aliphatic heterocycles. The van der Waals surface area contributed by atoms with Crippen LogP contribution in [0.2, 0.25) is 0 Å². The molecule has 0 saturated carbocycles. The molecule has 0 radical (unpaired) electrons. The quantitative estimate of drug-likeness (QED) is 0.117. The minimum atomic E-state index is -4.00. The van der Waals surface area contributed by atoms with Crippen LogP contribution in [0.1, 0.15) is 44.9 Å². The molecule has 3 unspecified atom stereocenters. The standard InChI is InChI=1S/C33H34BrIN4O11S2/c1-31(2)21(26(42)49-16-50-27(43)22-32(3,4)52(46,47)29-33(34,35)28(44)39(22)29)38-24(41)20(25(38)51-31)36-23(40)19(18-13-9-6-10-14-18)37-30(45)48-15-17-11-7-5-8-12-17/h5-14,19-22,25,29H,15-16H2,1-4H3,(H,36,40)(H,37,45)/t19?,20?,21-,22-,25+,29+,33?/m0/s1. The molecule has 0 spiro atoms. The van der Waals surface area contributed by atoms with E-state index >= 15 is 0 Å². The Kier molecular flexibility index (Phi) is 10.1. The molecule has 4 aliphatic rings. The number of β-lactam (4-membered cyclic amide) rings is 2. The monoisotopic (exact) mass is 932 g/mol. The fourth-order valence-corrected chi connectivity index (χ4v) is 13.2. The highest BCUT2D eigenvalue weighted by Gasteiger charge is 2.77. The number of nitrogens with zero attached hydrogens (tertiary/aromatic N) is 2. The number of nitrogens with one attached hydrogen (secondary N) is 2. The molecule has 0 aliphatic carbocycles. The lowest BCUT2D eigenvalue weighted by Gasteiger charge is -2.45. The van der Waals surface area contributed by atoms with Crippen LogP contribution in [0.5, 0.6) is 0 Å². The van der Waals surface area contributed by atoms with Crippen LogP contribution in [0.25, 0.3) is 0 Å². The van der Waals surface area contributed by atoms with Crippen LogP contribution in [0.3, 0.4) is 0 Å². The van der Waals surface area contributed by atoms with Gasteiger partial charge in [-0.25, -0.2) is 22.8 Å². The zero-order chi connectivity index (χ0) is 38.0. The van der Waals surface area contributed by atoms with Gasteiger partial charge in [0.2, 0.25) is 18.6 Å². The fourth-order valence-electron chi connectivity index (χ4n) is 6.76. The average Bonchev–Trinajstić information content (AvgIpc) is 3.44. The number of esters is 2. The fraction of sp³-hybridized carbons (Fsp3) is 0.455. The molecule has 0 aromatic heterocycles. The molecule has 4 saturated heterocycles. The number of benzene rings is 2. The van der Waals surface area contributed by atoms with Crippen molar-refractivity contribution in [2.24, 2.45) is 0 Å². The van der Waals surface area contributed by atoms with Gasteiger partial charge in [0.05, 0.1) is 0 Å². The minimum absolute atomic E-state index is 0.0220. The lowest BCUT2D eigenvalue weighted by molar-refractivity contribution is -0.181. The summed E-state index contributed by atoms with van der Waals surface area (Å²) in [6.45, 7) is 5.17. The summed E-state index contributed by atoms with van der Waals surface area (Å²) in [6, 6.07) is 12.6. The zero-order valence-electron chi connectivity index (χ0n) is 28.1. The molecule has 19 heteroatoms. The van der Waals surface area contributed by atoms with Gasteiger partial charge in [0, 0.05) is 4.75 Å². The first-order valence-corrected chi connectivity index (χ1v) is 20.2. The summed E-state index contributed by atoms with van der Waals surface area (Å²) in [7, 11) is -4.00. The van der Waals surface area contributed by atoms with Crippen LogP contribution in [0.15, 0.2) is 60.7 Å². The molecule has 4 fully saturated rings. The Morgan fingerprint density at radius 3 is 2.10 bits per heavy atom. The van der Waals surface area contributed by atoms with Crippen LogP contribution in [0.4, 0.5) is 4.79 Å². The molecule has 0 bridgehead atoms. The van der Waals surface area contributed by atoms with Gasteiger partial charge in [-0.1, -0.05) is 99.2 Å². The molecule has 2 aromatic rings. The topological polar surface area (TPSA) is 195 Å². The Hall–Kier alpha value is -3.43. The van der Waals surface area contributed by atoms with Crippen molar-refractivity contribution in [3.05, 3.63) is 71.8 Å². The molecule has 7 atom stereocenters. The van der Waals surface area contributed by atoms with Crippen molar-refractivity contribution in [2.75, 3.05) is 6.79 Å². The number of hydrogen-bond acceptors (Lipinski definition) is 12. The smallest absolute Gasteiger partial charge is 0.408 e. The predicted octanol–water partition coefficient (Wildman–Crippen LogP) is 2.52. The van der Waals surface area contributed by atoms with Crippen molar-refractivity contribution in [1.29, 1.82) is 0 Å². The number of carbonyl (C=O) groups excluding carboxylic acids is 6. The summed E-state index contributed by atoms with van der Waals surface area (Å²) < 4.78 is 38.1. The van der Waals surface area contributed by atoms with Gasteiger partial charge in [-0.2, -0.15) is 0 Å². The minimum Gasteiger partial charge on any atom is -0.445 e. The van der Waals surface area contributed by atoms with Crippen LogP contribution in [0, 0.1) is 0 Å². The summed E-state index contributed by atoms with van der Waals surface area (Å²) >= 11 is 6.10. The van der Waals surface area contributed by atoms with Crippen molar-refractivity contribution in [1.82, 2.24) is 20.4 Å². The Morgan fingerprint density at radius 2 is 1.48 bits per heavy atom. The third-order valence-corrected chi connectivity index (χ3v) is 16.5. The third kappa shape index (κ3) is 6.33. The highest BCUT2D eigenvalue weighted by Crippen LogP contribution is 2.57. The number of rotatable bonds is 10. The first kappa shape index (κ1) is 38.3. The number of thioether (sulfide) groups is 1. The zero-order valence-corrected chi connectivity index (χ0v) is 33.5. The second kappa shape index (κ2) is 13.8. The summed E-state index contributed by atoms with van der Waals surface area (Å²) in [5.41, 5.74) is 1.20. The number of hydrogen-bond donors (Lipinski definition) is 2. The number of halogens is 2. The van der Waals surface area contributed by atoms with Crippen LogP contribution < -0.4 is 10.6 Å². The number of alkyl halides is 2. The van der Waals surface area contributed by atoms with Crippen molar-refractivity contribution in [3.63, 3.8) is 0 Å². The number of sulfone groups is 1. The molecule has 2 aromatic carbocycles. The normalized spacial score (nSPS) is 29.4. The van der Waals surface area contributed by atoms with E-state index in [4.69, 9.17) is 14.2 Å². The summed E-state index contributed by atoms with van der Waals surface area (Å²) in [5, 5.41) is 3.34. The molecular formula is C33H34BrIN4O11S2. The maximum Gasteiger partial charge on any atom is 0.408 e. The average molecular weight is 934 g/mol. The third-order valence-electron chi connectivity index (χ3n) is 9.50. The molecule has 52 heavy (non-hydrogen) atoms. The second-order valence-electron chi connectivity index (χ2n) is 13.6. The van der Waals surface area contributed by atoms with Gasteiger partial charge in [-0.05, 0) is 38.8 Å². The van der Waals surface area contributed by atoms with E-state index in [0.29, 0.717) is 5.56 Å². The molecule has 4 amide bonds. The van der Waals surface area contributed by atoms with Gasteiger partial charge in [-0.3, -0.25) is 14.4 Å².